The van der Waals surface area contributed by atoms with Crippen LogP contribution in [0.3, 0.4) is 0 Å². The topological polar surface area (TPSA) is 89.3 Å². The number of benzene rings is 1. The summed E-state index contributed by atoms with van der Waals surface area (Å²) in [5.74, 6) is 0.688. The normalized spacial score (nSPS) is 10.7. The van der Waals surface area contributed by atoms with E-state index in [1.54, 1.807) is 24.3 Å². The van der Waals surface area contributed by atoms with E-state index >= 15 is 0 Å². The molecule has 0 aliphatic carbocycles. The van der Waals surface area contributed by atoms with Crippen molar-refractivity contribution in [2.45, 2.75) is 6.42 Å². The summed E-state index contributed by atoms with van der Waals surface area (Å²) >= 11 is 7.39. The lowest BCUT2D eigenvalue weighted by Crippen LogP contribution is -2.08. The number of hydrogen-bond acceptors (Lipinski definition) is 5. The van der Waals surface area contributed by atoms with Gasteiger partial charge in [-0.15, -0.1) is 0 Å². The second kappa shape index (κ2) is 6.67. The molecule has 0 saturated carbocycles. The molecule has 0 saturated heterocycles. The quantitative estimate of drug-likeness (QED) is 0.503. The van der Waals surface area contributed by atoms with Crippen LogP contribution in [0, 0.1) is 5.41 Å². The molecule has 0 radical (unpaired) electrons. The summed E-state index contributed by atoms with van der Waals surface area (Å²) in [6.45, 7) is 0.335. The van der Waals surface area contributed by atoms with E-state index in [0.29, 0.717) is 34.6 Å². The van der Waals surface area contributed by atoms with Crippen molar-refractivity contribution in [3.8, 4) is 5.95 Å². The van der Waals surface area contributed by atoms with Gasteiger partial charge in [0, 0.05) is 11.1 Å². The average Bonchev–Trinajstić information content (AvgIpc) is 2.43. The molecule has 106 valence electrons. The summed E-state index contributed by atoms with van der Waals surface area (Å²) in [5, 5.41) is 8.46. The van der Waals surface area contributed by atoms with E-state index in [4.69, 9.17) is 31.9 Å². The molecule has 2 rings (SSSR count). The van der Waals surface area contributed by atoms with Gasteiger partial charge in [0.15, 0.2) is 5.17 Å². The molecule has 20 heavy (non-hydrogen) atoms. The first kappa shape index (κ1) is 14.7. The maximum absolute atomic E-state index is 11.8. The molecule has 0 bridgehead atoms. The Balaban J connectivity index is 2.09. The van der Waals surface area contributed by atoms with E-state index in [1.165, 1.54) is 11.8 Å². The third-order valence-corrected chi connectivity index (χ3v) is 3.69. The van der Waals surface area contributed by atoms with E-state index in [2.05, 4.69) is 0 Å². The number of halogens is 1. The molecule has 7 heteroatoms. The third kappa shape index (κ3) is 3.46. The molecule has 1 aromatic carbocycles. The number of thioether (sulfide) groups is 1. The molecule has 1 heterocycles. The van der Waals surface area contributed by atoms with Gasteiger partial charge in [0.2, 0.25) is 0 Å². The van der Waals surface area contributed by atoms with Crippen molar-refractivity contribution >= 4 is 39.3 Å². The minimum absolute atomic E-state index is 0.0307. The van der Waals surface area contributed by atoms with Crippen molar-refractivity contribution in [3.63, 3.8) is 0 Å². The predicted octanol–water partition coefficient (Wildman–Crippen LogP) is 2.84. The average molecular weight is 313 g/mol. The Hall–Kier alpha value is -1.66. The summed E-state index contributed by atoms with van der Waals surface area (Å²) in [7, 11) is 0. The van der Waals surface area contributed by atoms with Crippen molar-refractivity contribution < 1.29 is 9.15 Å². The monoisotopic (exact) mass is 312 g/mol. The number of hydrogen-bond donors (Lipinski definition) is 2. The highest BCUT2D eigenvalue weighted by atomic mass is 35.5. The summed E-state index contributed by atoms with van der Waals surface area (Å²) in [6, 6.07) is 6.93. The molecular weight excluding hydrogens is 300 g/mol. The van der Waals surface area contributed by atoms with Gasteiger partial charge in [0.05, 0.1) is 12.0 Å². The van der Waals surface area contributed by atoms with E-state index in [0.717, 1.165) is 0 Å². The lowest BCUT2D eigenvalue weighted by molar-refractivity contribution is 0.233. The Kier molecular flexibility index (Phi) is 4.92. The van der Waals surface area contributed by atoms with Gasteiger partial charge in [0.25, 0.3) is 0 Å². The van der Waals surface area contributed by atoms with Gasteiger partial charge < -0.3 is 14.9 Å². The fraction of sp³-hybridized carbons (Fsp3) is 0.231. The SMILES string of the molecule is N=C(N)SCCCOc1oc(=O)c2ccccc2c1Cl. The maximum Gasteiger partial charge on any atom is 0.346 e. The minimum atomic E-state index is -0.474. The predicted molar refractivity (Wildman–Crippen MR) is 82.0 cm³/mol. The number of nitrogens with two attached hydrogens (primary N) is 1. The molecule has 0 spiro atoms. The molecular formula is C13H13ClN2O3S. The van der Waals surface area contributed by atoms with Crippen molar-refractivity contribution in [1.29, 1.82) is 5.41 Å². The zero-order valence-corrected chi connectivity index (χ0v) is 12.1. The summed E-state index contributed by atoms with van der Waals surface area (Å²) in [4.78, 5) is 11.8. The molecule has 0 aliphatic heterocycles. The zero-order chi connectivity index (χ0) is 14.5. The Labute approximate surface area is 124 Å². The Morgan fingerprint density at radius 2 is 2.10 bits per heavy atom. The van der Waals surface area contributed by atoms with E-state index in [-0.39, 0.29) is 11.1 Å². The van der Waals surface area contributed by atoms with Crippen LogP contribution in [-0.2, 0) is 0 Å². The fourth-order valence-electron chi connectivity index (χ4n) is 1.65. The highest BCUT2D eigenvalue weighted by Gasteiger charge is 2.12. The van der Waals surface area contributed by atoms with Crippen LogP contribution < -0.4 is 16.1 Å². The summed E-state index contributed by atoms with van der Waals surface area (Å²) < 4.78 is 10.4. The van der Waals surface area contributed by atoms with Crippen LogP contribution in [0.25, 0.3) is 10.8 Å². The molecule has 0 aliphatic rings. The standard InChI is InChI=1S/C13H13ClN2O3S/c14-10-8-4-1-2-5-9(8)11(17)19-12(10)18-6-3-7-20-13(15)16/h1-2,4-5H,3,6-7H2,(H3,15,16). The lowest BCUT2D eigenvalue weighted by Gasteiger charge is -2.07. The van der Waals surface area contributed by atoms with Gasteiger partial charge in [-0.2, -0.15) is 0 Å². The van der Waals surface area contributed by atoms with Crippen molar-refractivity contribution in [2.75, 3.05) is 12.4 Å². The molecule has 0 fully saturated rings. The molecule has 5 nitrogen and oxygen atoms in total. The van der Waals surface area contributed by atoms with E-state index in [9.17, 15) is 4.79 Å². The van der Waals surface area contributed by atoms with Crippen LogP contribution >= 0.6 is 23.4 Å². The maximum atomic E-state index is 11.8. The number of fused-ring (bicyclic) bond motifs is 1. The van der Waals surface area contributed by atoms with Gasteiger partial charge in [0.1, 0.15) is 5.02 Å². The molecule has 1 aromatic heterocycles. The smallest absolute Gasteiger partial charge is 0.346 e. The summed E-state index contributed by atoms with van der Waals surface area (Å²) in [6.07, 6.45) is 0.664. The molecule has 0 unspecified atom stereocenters. The fourth-order valence-corrected chi connectivity index (χ4v) is 2.39. The Bertz CT molecular complexity index is 687. The van der Waals surface area contributed by atoms with Crippen LogP contribution in [0.2, 0.25) is 5.02 Å². The van der Waals surface area contributed by atoms with Gasteiger partial charge >= 0.3 is 11.6 Å². The van der Waals surface area contributed by atoms with Crippen molar-refractivity contribution in [1.82, 2.24) is 0 Å². The van der Waals surface area contributed by atoms with Gasteiger partial charge in [-0.1, -0.05) is 41.6 Å². The van der Waals surface area contributed by atoms with E-state index < -0.39 is 5.63 Å². The number of ether oxygens (including phenoxy) is 1. The van der Waals surface area contributed by atoms with Crippen LogP contribution in [-0.4, -0.2) is 17.5 Å². The Morgan fingerprint density at radius 3 is 2.80 bits per heavy atom. The van der Waals surface area contributed by atoms with Gasteiger partial charge in [-0.3, -0.25) is 5.41 Å². The first-order chi connectivity index (χ1) is 9.59. The number of rotatable bonds is 5. The van der Waals surface area contributed by atoms with Crippen LogP contribution in [0.4, 0.5) is 0 Å². The zero-order valence-electron chi connectivity index (χ0n) is 10.5. The molecule has 0 amide bonds. The Morgan fingerprint density at radius 1 is 1.40 bits per heavy atom. The number of amidine groups is 1. The van der Waals surface area contributed by atoms with Crippen LogP contribution in [0.5, 0.6) is 5.95 Å². The largest absolute Gasteiger partial charge is 0.464 e. The van der Waals surface area contributed by atoms with E-state index in [1.807, 2.05) is 0 Å². The molecule has 0 atom stereocenters. The lowest BCUT2D eigenvalue weighted by atomic mass is 10.2. The first-order valence-electron chi connectivity index (χ1n) is 5.90. The highest BCUT2D eigenvalue weighted by molar-refractivity contribution is 8.13. The molecule has 3 N–H and O–H groups in total. The van der Waals surface area contributed by atoms with Gasteiger partial charge in [-0.25, -0.2) is 4.79 Å². The van der Waals surface area contributed by atoms with Crippen molar-refractivity contribution in [3.05, 3.63) is 39.7 Å². The van der Waals surface area contributed by atoms with Gasteiger partial charge in [-0.05, 0) is 12.5 Å². The van der Waals surface area contributed by atoms with Crippen LogP contribution in [0.1, 0.15) is 6.42 Å². The molecule has 2 aromatic rings. The first-order valence-corrected chi connectivity index (χ1v) is 7.27. The minimum Gasteiger partial charge on any atom is -0.464 e. The second-order valence-electron chi connectivity index (χ2n) is 3.95. The third-order valence-electron chi connectivity index (χ3n) is 2.53. The van der Waals surface area contributed by atoms with Crippen molar-refractivity contribution in [2.24, 2.45) is 5.73 Å². The number of nitrogens with one attached hydrogen (secondary N) is 1. The second-order valence-corrected chi connectivity index (χ2v) is 5.47. The summed E-state index contributed by atoms with van der Waals surface area (Å²) in [5.41, 5.74) is 4.74. The van der Waals surface area contributed by atoms with Crippen LogP contribution in [0.15, 0.2) is 33.5 Å². The highest BCUT2D eigenvalue weighted by Crippen LogP contribution is 2.30.